The summed E-state index contributed by atoms with van der Waals surface area (Å²) in [5, 5.41) is 20.7. The summed E-state index contributed by atoms with van der Waals surface area (Å²) in [6.07, 6.45) is 10.6. The molecule has 3 rings (SSSR count). The fraction of sp³-hybridized carbons (Fsp3) is 0.852. The van der Waals surface area contributed by atoms with Crippen LogP contribution in [0.3, 0.4) is 0 Å². The number of aliphatic hydroxyl groups is 2. The van der Waals surface area contributed by atoms with Crippen molar-refractivity contribution in [3.63, 3.8) is 0 Å². The number of halogens is 1. The molecule has 3 fully saturated rings. The van der Waals surface area contributed by atoms with Crippen LogP contribution >= 0.6 is 19.8 Å². The van der Waals surface area contributed by atoms with Crippen molar-refractivity contribution < 1.29 is 14.9 Å². The summed E-state index contributed by atoms with van der Waals surface area (Å²) in [7, 11) is 0. The number of allylic oxidation sites excluding steroid dienone is 3. The Kier molecular flexibility index (Phi) is 8.42. The third-order valence-electron chi connectivity index (χ3n) is 8.61. The van der Waals surface area contributed by atoms with Crippen LogP contribution in [0, 0.1) is 28.6 Å². The van der Waals surface area contributed by atoms with Gasteiger partial charge >= 0.3 is 199 Å². The molecule has 3 nitrogen and oxygen atoms in total. The molecular formula is C27H47IO3. The number of fused-ring (bicyclic) bond motifs is 1. The molecule has 0 amide bonds. The van der Waals surface area contributed by atoms with Crippen LogP contribution in [0.5, 0.6) is 0 Å². The molecule has 2 saturated carbocycles. The van der Waals surface area contributed by atoms with Gasteiger partial charge in [-0.25, -0.2) is 0 Å². The van der Waals surface area contributed by atoms with Gasteiger partial charge in [0.2, 0.25) is 0 Å². The second kappa shape index (κ2) is 10.1. The molecule has 2 N–H and O–H groups in total. The molecule has 3 aliphatic rings. The molecule has 3 unspecified atom stereocenters. The molecular weight excluding hydrogens is 499 g/mol. The molecule has 180 valence electrons. The standard InChI is InChI=1S/C27H47IO3/c1-18(2)12-15-31-20(4)22-9-10-23-24(28(7)17-26(22,23)6)11-8-19(3)16-25(30)27(13-14-27)21(5)29/h8,11,18,20-23,25,29-30H,9-10,12-17H2,1-7H3/b19-8+,24-11-/t20-,21-,22?,23?,25-,26?/m1/s1. The Labute approximate surface area is 198 Å². The molecule has 1 aliphatic heterocycles. The van der Waals surface area contributed by atoms with Gasteiger partial charge in [-0.1, -0.05) is 0 Å². The summed E-state index contributed by atoms with van der Waals surface area (Å²) >= 11 is -1.11. The Balaban J connectivity index is 1.64. The van der Waals surface area contributed by atoms with Crippen molar-refractivity contribution in [2.24, 2.45) is 28.6 Å². The second-order valence-corrected chi connectivity index (χ2v) is 16.8. The van der Waals surface area contributed by atoms with Gasteiger partial charge in [0.25, 0.3) is 0 Å². The van der Waals surface area contributed by atoms with Gasteiger partial charge in [-0.2, -0.15) is 0 Å². The second-order valence-electron chi connectivity index (χ2n) is 11.4. The van der Waals surface area contributed by atoms with E-state index in [2.05, 4.69) is 51.7 Å². The first kappa shape index (κ1) is 25.7. The number of alkyl halides is 2. The average molecular weight is 547 g/mol. The number of hydrogen-bond donors (Lipinski definition) is 2. The molecule has 0 radical (unpaired) electrons. The first-order valence-corrected chi connectivity index (χ1v) is 17.2. The van der Waals surface area contributed by atoms with Gasteiger partial charge in [0.15, 0.2) is 0 Å². The first-order valence-electron chi connectivity index (χ1n) is 12.4. The molecule has 2 aliphatic carbocycles. The SMILES string of the molecule is C/C(=C\C=C1\C2CCC([C@@H](C)OCCC(C)C)C2(C)CI1C)C[C@@H](O)C1([C@@H](C)O)CC1. The van der Waals surface area contributed by atoms with Crippen molar-refractivity contribution in [1.29, 1.82) is 0 Å². The van der Waals surface area contributed by atoms with E-state index < -0.39 is 32.0 Å². The van der Waals surface area contributed by atoms with E-state index in [9.17, 15) is 10.2 Å². The molecule has 4 heteroatoms. The normalized spacial score (nSPS) is 35.5. The molecule has 0 aromatic carbocycles. The van der Waals surface area contributed by atoms with Crippen LogP contribution in [-0.4, -0.2) is 44.5 Å². The van der Waals surface area contributed by atoms with Crippen molar-refractivity contribution >= 4 is 19.8 Å². The number of hydrogen-bond acceptors (Lipinski definition) is 3. The van der Waals surface area contributed by atoms with Gasteiger partial charge in [0.1, 0.15) is 0 Å². The maximum atomic E-state index is 10.7. The first-order chi connectivity index (χ1) is 14.5. The molecule has 6 atom stereocenters. The fourth-order valence-electron chi connectivity index (χ4n) is 6.22. The Bertz CT molecular complexity index is 678. The van der Waals surface area contributed by atoms with Crippen LogP contribution in [0.15, 0.2) is 21.3 Å². The minimum absolute atomic E-state index is 0.248. The van der Waals surface area contributed by atoms with Gasteiger partial charge in [-0.15, -0.1) is 0 Å². The molecule has 0 aromatic heterocycles. The molecule has 0 bridgehead atoms. The van der Waals surface area contributed by atoms with Gasteiger partial charge < -0.3 is 0 Å². The molecule has 1 saturated heterocycles. The minimum atomic E-state index is -1.11. The zero-order valence-corrected chi connectivity index (χ0v) is 23.1. The predicted octanol–water partition coefficient (Wildman–Crippen LogP) is 6.36. The van der Waals surface area contributed by atoms with Crippen LogP contribution in [0.25, 0.3) is 0 Å². The van der Waals surface area contributed by atoms with E-state index in [4.69, 9.17) is 4.74 Å². The number of aliphatic hydroxyl groups excluding tert-OH is 2. The topological polar surface area (TPSA) is 49.7 Å². The number of rotatable bonds is 10. The van der Waals surface area contributed by atoms with Crippen LogP contribution in [0.2, 0.25) is 0 Å². The van der Waals surface area contributed by atoms with Crippen LogP contribution in [0.1, 0.15) is 80.1 Å². The van der Waals surface area contributed by atoms with Crippen molar-refractivity contribution in [3.05, 3.63) is 21.3 Å². The van der Waals surface area contributed by atoms with Crippen molar-refractivity contribution in [3.8, 4) is 0 Å². The zero-order chi connectivity index (χ0) is 23.0. The van der Waals surface area contributed by atoms with Crippen molar-refractivity contribution in [1.82, 2.24) is 0 Å². The Morgan fingerprint density at radius 1 is 1.19 bits per heavy atom. The van der Waals surface area contributed by atoms with Gasteiger partial charge in [-0.3, -0.25) is 0 Å². The molecule has 1 heterocycles. The summed E-state index contributed by atoms with van der Waals surface area (Å²) in [5.74, 6) is 2.12. The average Bonchev–Trinajstić information content (AvgIpc) is 3.36. The third-order valence-corrected chi connectivity index (χ3v) is 14.6. The van der Waals surface area contributed by atoms with E-state index >= 15 is 0 Å². The van der Waals surface area contributed by atoms with Crippen molar-refractivity contribution in [2.75, 3.05) is 16.0 Å². The monoisotopic (exact) mass is 546 g/mol. The zero-order valence-electron chi connectivity index (χ0n) is 21.0. The van der Waals surface area contributed by atoms with E-state index in [1.807, 2.05) is 6.92 Å². The maximum absolute atomic E-state index is 10.7. The van der Waals surface area contributed by atoms with Crippen molar-refractivity contribution in [2.45, 2.75) is 98.4 Å². The van der Waals surface area contributed by atoms with Gasteiger partial charge in [0, 0.05) is 0 Å². The van der Waals surface area contributed by atoms with E-state index in [0.717, 1.165) is 31.8 Å². The summed E-state index contributed by atoms with van der Waals surface area (Å²) in [4.78, 5) is 2.55. The summed E-state index contributed by atoms with van der Waals surface area (Å²) < 4.78 is 9.49. The van der Waals surface area contributed by atoms with Gasteiger partial charge in [-0.05, 0) is 0 Å². The van der Waals surface area contributed by atoms with E-state index in [-0.39, 0.29) is 5.41 Å². The quantitative estimate of drug-likeness (QED) is 0.248. The van der Waals surface area contributed by atoms with E-state index in [0.29, 0.717) is 29.8 Å². The summed E-state index contributed by atoms with van der Waals surface area (Å²) in [6.45, 7) is 14.3. The van der Waals surface area contributed by atoms with Crippen LogP contribution in [-0.2, 0) is 4.74 Å². The molecule has 0 aromatic rings. The third kappa shape index (κ3) is 5.44. The van der Waals surface area contributed by atoms with Crippen LogP contribution < -0.4 is 0 Å². The molecule has 31 heavy (non-hydrogen) atoms. The predicted molar refractivity (Wildman–Crippen MR) is 140 cm³/mol. The summed E-state index contributed by atoms with van der Waals surface area (Å²) in [6, 6.07) is 0. The number of ether oxygens (including phenoxy) is 1. The Morgan fingerprint density at radius 3 is 2.45 bits per heavy atom. The van der Waals surface area contributed by atoms with Crippen LogP contribution in [0.4, 0.5) is 0 Å². The Morgan fingerprint density at radius 2 is 1.87 bits per heavy atom. The van der Waals surface area contributed by atoms with Gasteiger partial charge in [0.05, 0.1) is 0 Å². The Hall–Kier alpha value is 0.0900. The van der Waals surface area contributed by atoms with E-state index in [1.54, 1.807) is 3.58 Å². The molecule has 0 spiro atoms. The van der Waals surface area contributed by atoms with E-state index in [1.165, 1.54) is 22.8 Å². The summed E-state index contributed by atoms with van der Waals surface area (Å²) in [5.41, 5.74) is 1.40. The fourth-order valence-corrected chi connectivity index (χ4v) is 13.3.